The molecule has 1 atom stereocenters. The summed E-state index contributed by atoms with van der Waals surface area (Å²) < 4.78 is 25.9. The van der Waals surface area contributed by atoms with E-state index in [0.29, 0.717) is 12.8 Å². The zero-order valence-corrected chi connectivity index (χ0v) is 11.2. The van der Waals surface area contributed by atoms with Crippen molar-refractivity contribution in [1.82, 2.24) is 9.88 Å². The number of carboxylic acids is 1. The zero-order valence-electron chi connectivity index (χ0n) is 11.2. The molecule has 20 heavy (non-hydrogen) atoms. The number of aromatic nitrogens is 1. The fraction of sp³-hybridized carbons (Fsp3) is 0.538. The molecule has 0 radical (unpaired) electrons. The first-order valence-corrected chi connectivity index (χ1v) is 6.36. The maximum atomic E-state index is 12.3. The third kappa shape index (κ3) is 5.38. The molecule has 1 aromatic heterocycles. The summed E-state index contributed by atoms with van der Waals surface area (Å²) in [6.45, 7) is 1.23. The maximum absolute atomic E-state index is 12.3. The second-order valence-electron chi connectivity index (χ2n) is 4.60. The lowest BCUT2D eigenvalue weighted by Gasteiger charge is -2.14. The SMILES string of the molecule is CC(CCCC(=O)O)NC(=O)c1cccn1CC(F)F. The van der Waals surface area contributed by atoms with E-state index in [1.54, 1.807) is 6.92 Å². The smallest absolute Gasteiger partial charge is 0.303 e. The summed E-state index contributed by atoms with van der Waals surface area (Å²) >= 11 is 0. The molecular weight excluding hydrogens is 270 g/mol. The minimum atomic E-state index is -2.53. The van der Waals surface area contributed by atoms with Crippen LogP contribution in [-0.2, 0) is 11.3 Å². The molecule has 0 aromatic carbocycles. The molecule has 5 nitrogen and oxygen atoms in total. The average Bonchev–Trinajstić information content (AvgIpc) is 2.75. The molecule has 1 rings (SSSR count). The highest BCUT2D eigenvalue weighted by Gasteiger charge is 2.15. The third-order valence-electron chi connectivity index (χ3n) is 2.80. The van der Waals surface area contributed by atoms with Gasteiger partial charge in [0.25, 0.3) is 12.3 Å². The maximum Gasteiger partial charge on any atom is 0.303 e. The Morgan fingerprint density at radius 1 is 1.45 bits per heavy atom. The lowest BCUT2D eigenvalue weighted by molar-refractivity contribution is -0.137. The van der Waals surface area contributed by atoms with E-state index >= 15 is 0 Å². The number of rotatable bonds is 8. The van der Waals surface area contributed by atoms with E-state index in [0.717, 1.165) is 0 Å². The van der Waals surface area contributed by atoms with E-state index in [-0.39, 0.29) is 18.2 Å². The Morgan fingerprint density at radius 3 is 2.75 bits per heavy atom. The summed E-state index contributed by atoms with van der Waals surface area (Å²) in [5.41, 5.74) is 0.176. The number of hydrogen-bond donors (Lipinski definition) is 2. The Morgan fingerprint density at radius 2 is 2.15 bits per heavy atom. The molecule has 1 heterocycles. The number of nitrogens with zero attached hydrogens (tertiary/aromatic N) is 1. The van der Waals surface area contributed by atoms with E-state index in [1.807, 2.05) is 0 Å². The Bertz CT molecular complexity index is 460. The van der Waals surface area contributed by atoms with Crippen LogP contribution in [0, 0.1) is 0 Å². The highest BCUT2D eigenvalue weighted by atomic mass is 19.3. The molecule has 0 bridgehead atoms. The fourth-order valence-electron chi connectivity index (χ4n) is 1.86. The van der Waals surface area contributed by atoms with Crippen LogP contribution in [0.3, 0.4) is 0 Å². The van der Waals surface area contributed by atoms with Crippen LogP contribution in [0.5, 0.6) is 0 Å². The summed E-state index contributed by atoms with van der Waals surface area (Å²) in [5.74, 6) is -1.31. The second-order valence-corrected chi connectivity index (χ2v) is 4.60. The van der Waals surface area contributed by atoms with Gasteiger partial charge in [-0.3, -0.25) is 9.59 Å². The topological polar surface area (TPSA) is 71.3 Å². The van der Waals surface area contributed by atoms with Crippen LogP contribution in [0.4, 0.5) is 8.78 Å². The molecule has 0 saturated carbocycles. The van der Waals surface area contributed by atoms with Crippen LogP contribution in [0.15, 0.2) is 18.3 Å². The molecule has 112 valence electrons. The van der Waals surface area contributed by atoms with Gasteiger partial charge in [-0.2, -0.15) is 0 Å². The number of amides is 1. The molecule has 0 fully saturated rings. The molecule has 1 aromatic rings. The van der Waals surface area contributed by atoms with Crippen LogP contribution >= 0.6 is 0 Å². The van der Waals surface area contributed by atoms with E-state index < -0.39 is 24.8 Å². The Hall–Kier alpha value is -1.92. The number of alkyl halides is 2. The molecule has 2 N–H and O–H groups in total. The van der Waals surface area contributed by atoms with Crippen LogP contribution in [-0.4, -0.2) is 34.0 Å². The van der Waals surface area contributed by atoms with Crippen molar-refractivity contribution in [3.8, 4) is 0 Å². The van der Waals surface area contributed by atoms with Gasteiger partial charge >= 0.3 is 5.97 Å². The Kier molecular flexibility index (Phi) is 6.14. The third-order valence-corrected chi connectivity index (χ3v) is 2.80. The summed E-state index contributed by atoms with van der Waals surface area (Å²) in [4.78, 5) is 22.3. The second kappa shape index (κ2) is 7.62. The lowest BCUT2D eigenvalue weighted by Crippen LogP contribution is -2.34. The van der Waals surface area contributed by atoms with Gasteiger partial charge < -0.3 is 15.0 Å². The van der Waals surface area contributed by atoms with E-state index in [1.165, 1.54) is 22.9 Å². The molecule has 0 aliphatic carbocycles. The monoisotopic (exact) mass is 288 g/mol. The molecule has 0 aliphatic rings. The van der Waals surface area contributed by atoms with Crippen LogP contribution in [0.2, 0.25) is 0 Å². The Labute approximate surface area is 115 Å². The van der Waals surface area contributed by atoms with Crippen molar-refractivity contribution in [2.45, 2.75) is 45.2 Å². The van der Waals surface area contributed by atoms with Crippen molar-refractivity contribution >= 4 is 11.9 Å². The van der Waals surface area contributed by atoms with Crippen LogP contribution in [0.25, 0.3) is 0 Å². The molecule has 0 aliphatic heterocycles. The number of carbonyl (C=O) groups is 2. The molecule has 0 saturated heterocycles. The summed E-state index contributed by atoms with van der Waals surface area (Å²) in [7, 11) is 0. The van der Waals surface area contributed by atoms with Crippen LogP contribution < -0.4 is 5.32 Å². The number of carboxylic acid groups (broad SMARTS) is 1. The van der Waals surface area contributed by atoms with Gasteiger partial charge in [0.1, 0.15) is 5.69 Å². The number of hydrogen-bond acceptors (Lipinski definition) is 2. The first kappa shape index (κ1) is 16.1. The van der Waals surface area contributed by atoms with Crippen molar-refractivity contribution in [2.75, 3.05) is 0 Å². The van der Waals surface area contributed by atoms with Crippen LogP contribution in [0.1, 0.15) is 36.7 Å². The summed E-state index contributed by atoms with van der Waals surface area (Å²) in [6.07, 6.45) is -0.0810. The quantitative estimate of drug-likeness (QED) is 0.769. The lowest BCUT2D eigenvalue weighted by atomic mass is 10.1. The summed E-state index contributed by atoms with van der Waals surface area (Å²) in [6, 6.07) is 2.80. The number of nitrogens with one attached hydrogen (secondary N) is 1. The first-order chi connectivity index (χ1) is 9.40. The molecule has 7 heteroatoms. The minimum absolute atomic E-state index is 0.0436. The number of halogens is 2. The van der Waals surface area contributed by atoms with Crippen molar-refractivity contribution in [3.05, 3.63) is 24.0 Å². The molecular formula is C13H18F2N2O3. The van der Waals surface area contributed by atoms with Crippen molar-refractivity contribution in [3.63, 3.8) is 0 Å². The van der Waals surface area contributed by atoms with Gasteiger partial charge in [-0.1, -0.05) is 0 Å². The molecule has 0 spiro atoms. The van der Waals surface area contributed by atoms with Crippen molar-refractivity contribution in [2.24, 2.45) is 0 Å². The zero-order chi connectivity index (χ0) is 15.1. The van der Waals surface area contributed by atoms with Gasteiger partial charge in [0.15, 0.2) is 0 Å². The van der Waals surface area contributed by atoms with Gasteiger partial charge in [-0.25, -0.2) is 8.78 Å². The molecule has 1 amide bonds. The first-order valence-electron chi connectivity index (χ1n) is 6.36. The predicted octanol–water partition coefficient (Wildman–Crippen LogP) is 2.13. The van der Waals surface area contributed by atoms with E-state index in [9.17, 15) is 18.4 Å². The number of aliphatic carboxylic acids is 1. The van der Waals surface area contributed by atoms with Crippen molar-refractivity contribution in [1.29, 1.82) is 0 Å². The fourth-order valence-corrected chi connectivity index (χ4v) is 1.86. The van der Waals surface area contributed by atoms with Gasteiger partial charge in [0.2, 0.25) is 0 Å². The highest BCUT2D eigenvalue weighted by molar-refractivity contribution is 5.92. The van der Waals surface area contributed by atoms with Gasteiger partial charge in [0, 0.05) is 18.7 Å². The van der Waals surface area contributed by atoms with E-state index in [2.05, 4.69) is 5.32 Å². The average molecular weight is 288 g/mol. The summed E-state index contributed by atoms with van der Waals surface area (Å²) in [5, 5.41) is 11.2. The van der Waals surface area contributed by atoms with Gasteiger partial charge in [0.05, 0.1) is 6.54 Å². The molecule has 1 unspecified atom stereocenters. The van der Waals surface area contributed by atoms with Crippen molar-refractivity contribution < 1.29 is 23.5 Å². The standard InChI is InChI=1S/C13H18F2N2O3/c1-9(4-2-6-12(18)19)16-13(20)10-5-3-7-17(10)8-11(14)15/h3,5,7,9,11H,2,4,6,8H2,1H3,(H,16,20)(H,18,19). The van der Waals surface area contributed by atoms with Gasteiger partial charge in [-0.05, 0) is 31.9 Å². The van der Waals surface area contributed by atoms with Gasteiger partial charge in [-0.15, -0.1) is 0 Å². The predicted molar refractivity (Wildman–Crippen MR) is 68.9 cm³/mol. The number of carbonyl (C=O) groups excluding carboxylic acids is 1. The normalized spacial score (nSPS) is 12.4. The highest BCUT2D eigenvalue weighted by Crippen LogP contribution is 2.08. The Balaban J connectivity index is 2.49. The van der Waals surface area contributed by atoms with E-state index in [4.69, 9.17) is 5.11 Å². The largest absolute Gasteiger partial charge is 0.481 e. The minimum Gasteiger partial charge on any atom is -0.481 e.